The van der Waals surface area contributed by atoms with Gasteiger partial charge >= 0.3 is 11.9 Å². The van der Waals surface area contributed by atoms with Crippen molar-refractivity contribution in [3.63, 3.8) is 0 Å². The molecule has 216 valence electrons. The summed E-state index contributed by atoms with van der Waals surface area (Å²) in [6, 6.07) is 0.175. The maximum atomic E-state index is 11.9. The molecule has 0 aromatic carbocycles. The van der Waals surface area contributed by atoms with E-state index in [1.807, 2.05) is 0 Å². The first-order valence-electron chi connectivity index (χ1n) is 14.4. The second-order valence-electron chi connectivity index (χ2n) is 10.1. The molecule has 0 unspecified atom stereocenters. The second-order valence-corrected chi connectivity index (χ2v) is 10.1. The highest BCUT2D eigenvalue weighted by molar-refractivity contribution is 5.74. The molecule has 0 radical (unpaired) electrons. The molecule has 0 aliphatic rings. The third-order valence-corrected chi connectivity index (χ3v) is 6.74. The van der Waals surface area contributed by atoms with Gasteiger partial charge in [0.1, 0.15) is 13.2 Å². The van der Waals surface area contributed by atoms with Crippen LogP contribution < -0.4 is 0 Å². The molecule has 1 atom stereocenters. The lowest BCUT2D eigenvalue weighted by molar-refractivity contribution is -0.144. The highest BCUT2D eigenvalue weighted by Crippen LogP contribution is 2.15. The van der Waals surface area contributed by atoms with E-state index in [1.165, 1.54) is 78.1 Å². The zero-order chi connectivity index (χ0) is 27.9. The van der Waals surface area contributed by atoms with E-state index in [0.717, 1.165) is 32.2 Å². The molecule has 8 heteroatoms. The Kier molecular flexibility index (Phi) is 21.7. The molecule has 0 fully saturated rings. The largest absolute Gasteiger partial charge is 0.464 e. The van der Waals surface area contributed by atoms with Gasteiger partial charge in [0.05, 0.1) is 13.1 Å². The van der Waals surface area contributed by atoms with Gasteiger partial charge in [-0.15, -0.1) is 0 Å². The molecule has 0 aromatic heterocycles. The molecule has 0 aliphatic carbocycles. The van der Waals surface area contributed by atoms with Crippen molar-refractivity contribution in [3.05, 3.63) is 0 Å². The number of nitrogens with zero attached hydrogens (tertiary/aromatic N) is 2. The maximum absolute atomic E-state index is 11.9. The van der Waals surface area contributed by atoms with Crippen LogP contribution in [0.15, 0.2) is 0 Å². The zero-order valence-electron chi connectivity index (χ0n) is 24.4. The fraction of sp³-hybridized carbons (Fsp3) is 0.862. The third kappa shape index (κ3) is 21.7. The monoisotopic (exact) mass is 526 g/mol. The van der Waals surface area contributed by atoms with Crippen molar-refractivity contribution in [3.8, 4) is 0 Å². The summed E-state index contributed by atoms with van der Waals surface area (Å²) < 4.78 is 9.90. The Balaban J connectivity index is 3.59. The van der Waals surface area contributed by atoms with E-state index in [9.17, 15) is 19.2 Å². The molecular formula is C29H54N2O6. The number of esters is 2. The quantitative estimate of drug-likeness (QED) is 0.126. The van der Waals surface area contributed by atoms with E-state index < -0.39 is 0 Å². The molecule has 0 aromatic rings. The molecule has 0 saturated heterocycles. The normalized spacial score (nSPS) is 11.6. The molecule has 0 heterocycles. The van der Waals surface area contributed by atoms with Gasteiger partial charge < -0.3 is 19.3 Å². The molecule has 2 amide bonds. The summed E-state index contributed by atoms with van der Waals surface area (Å²) in [6.45, 7) is 10.2. The Morgan fingerprint density at radius 2 is 0.946 bits per heavy atom. The van der Waals surface area contributed by atoms with Gasteiger partial charge in [-0.05, 0) is 19.8 Å². The van der Waals surface area contributed by atoms with Gasteiger partial charge in [-0.1, -0.05) is 77.0 Å². The van der Waals surface area contributed by atoms with Crippen molar-refractivity contribution in [2.24, 2.45) is 0 Å². The average molecular weight is 527 g/mol. The van der Waals surface area contributed by atoms with Gasteiger partial charge in [-0.25, -0.2) is 0 Å². The first-order valence-corrected chi connectivity index (χ1v) is 14.4. The fourth-order valence-corrected chi connectivity index (χ4v) is 4.54. The van der Waals surface area contributed by atoms with Crippen LogP contribution in [0.25, 0.3) is 0 Å². The molecule has 0 spiro atoms. The van der Waals surface area contributed by atoms with Crippen LogP contribution in [0.5, 0.6) is 0 Å². The van der Waals surface area contributed by atoms with Crippen LogP contribution in [0.4, 0.5) is 0 Å². The van der Waals surface area contributed by atoms with E-state index in [1.54, 1.807) is 23.6 Å². The Morgan fingerprint density at radius 3 is 1.35 bits per heavy atom. The zero-order valence-corrected chi connectivity index (χ0v) is 24.4. The number of hydrogen-bond donors (Lipinski definition) is 0. The molecule has 0 rings (SSSR count). The van der Waals surface area contributed by atoms with E-state index in [0.29, 0.717) is 13.1 Å². The van der Waals surface area contributed by atoms with Crippen LogP contribution in [-0.2, 0) is 28.7 Å². The minimum absolute atomic E-state index is 0.0345. The van der Waals surface area contributed by atoms with Crippen LogP contribution >= 0.6 is 0 Å². The topological polar surface area (TPSA) is 93.2 Å². The van der Waals surface area contributed by atoms with Crippen LogP contribution in [0.3, 0.4) is 0 Å². The number of rotatable bonds is 23. The number of carbonyl (C=O) groups excluding carboxylic acids is 4. The van der Waals surface area contributed by atoms with E-state index >= 15 is 0 Å². The Bertz CT molecular complexity index is 640. The van der Waals surface area contributed by atoms with E-state index in [2.05, 4.69) is 6.92 Å². The van der Waals surface area contributed by atoms with Gasteiger partial charge in [-0.3, -0.25) is 19.2 Å². The summed E-state index contributed by atoms with van der Waals surface area (Å²) in [5, 5.41) is 0. The fourth-order valence-electron chi connectivity index (χ4n) is 4.54. The van der Waals surface area contributed by atoms with Crippen LogP contribution in [0.1, 0.15) is 125 Å². The predicted molar refractivity (Wildman–Crippen MR) is 147 cm³/mol. The molecular weight excluding hydrogens is 472 g/mol. The number of amides is 2. The Labute approximate surface area is 225 Å². The third-order valence-electron chi connectivity index (χ3n) is 6.74. The average Bonchev–Trinajstić information content (AvgIpc) is 2.82. The minimum Gasteiger partial charge on any atom is -0.464 e. The molecule has 0 N–H and O–H groups in total. The van der Waals surface area contributed by atoms with Crippen molar-refractivity contribution in [2.75, 3.05) is 32.8 Å². The summed E-state index contributed by atoms with van der Waals surface area (Å²) in [4.78, 5) is 48.9. The lowest BCUT2D eigenvalue weighted by Crippen LogP contribution is -2.39. The van der Waals surface area contributed by atoms with Crippen LogP contribution in [-0.4, -0.2) is 72.4 Å². The van der Waals surface area contributed by atoms with Crippen LogP contribution in [0.2, 0.25) is 0 Å². The number of ether oxygens (including phenoxy) is 2. The minimum atomic E-state index is -0.309. The maximum Gasteiger partial charge on any atom is 0.302 e. The summed E-state index contributed by atoms with van der Waals surface area (Å²) in [6.07, 6.45) is 16.9. The van der Waals surface area contributed by atoms with E-state index in [4.69, 9.17) is 9.47 Å². The highest BCUT2D eigenvalue weighted by Gasteiger charge is 2.16. The molecule has 8 nitrogen and oxygen atoms in total. The number of unbranched alkanes of at least 4 members (excludes halogenated alkanes) is 12. The first kappa shape index (κ1) is 34.9. The van der Waals surface area contributed by atoms with Gasteiger partial charge in [0.2, 0.25) is 11.8 Å². The molecule has 0 bridgehead atoms. The first-order chi connectivity index (χ1) is 17.6. The van der Waals surface area contributed by atoms with Crippen molar-refractivity contribution in [2.45, 2.75) is 131 Å². The van der Waals surface area contributed by atoms with Crippen LogP contribution in [0, 0.1) is 0 Å². The van der Waals surface area contributed by atoms with Crippen molar-refractivity contribution < 1.29 is 28.7 Å². The van der Waals surface area contributed by atoms with E-state index in [-0.39, 0.29) is 43.0 Å². The standard InChI is InChI=1S/C29H54N2O6/c1-25(31(27(3)33)22-24-37-29(5)35)19-17-15-13-11-9-7-6-8-10-12-14-16-18-20-30(26(2)32)21-23-36-28(4)34/h25H,6-24H2,1-5H3/t25-/m1/s1. The molecule has 37 heavy (non-hydrogen) atoms. The number of hydrogen-bond acceptors (Lipinski definition) is 6. The summed E-state index contributed by atoms with van der Waals surface area (Å²) in [5.41, 5.74) is 0. The molecule has 0 saturated carbocycles. The van der Waals surface area contributed by atoms with Crippen molar-refractivity contribution >= 4 is 23.8 Å². The second kappa shape index (κ2) is 23.0. The predicted octanol–water partition coefficient (Wildman–Crippen LogP) is 5.66. The summed E-state index contributed by atoms with van der Waals surface area (Å²) in [7, 11) is 0. The van der Waals surface area contributed by atoms with Gasteiger partial charge in [0.15, 0.2) is 0 Å². The van der Waals surface area contributed by atoms with Crippen molar-refractivity contribution in [1.29, 1.82) is 0 Å². The van der Waals surface area contributed by atoms with Gasteiger partial charge in [-0.2, -0.15) is 0 Å². The summed E-state index contributed by atoms with van der Waals surface area (Å²) >= 11 is 0. The Morgan fingerprint density at radius 1 is 0.541 bits per heavy atom. The van der Waals surface area contributed by atoms with Gasteiger partial charge in [0.25, 0.3) is 0 Å². The lowest BCUT2D eigenvalue weighted by Gasteiger charge is -2.28. The van der Waals surface area contributed by atoms with Gasteiger partial charge in [0, 0.05) is 40.3 Å². The highest BCUT2D eigenvalue weighted by atomic mass is 16.5. The Hall–Kier alpha value is -2.12. The lowest BCUT2D eigenvalue weighted by atomic mass is 10.0. The molecule has 0 aliphatic heterocycles. The summed E-state index contributed by atoms with van der Waals surface area (Å²) in [5.74, 6) is -0.545. The number of carbonyl (C=O) groups is 4. The SMILES string of the molecule is CC(=O)OCCN(CCCCCCCCCCCCCCC[C@@H](C)N(CCOC(C)=O)C(C)=O)C(C)=O. The van der Waals surface area contributed by atoms with Crippen molar-refractivity contribution in [1.82, 2.24) is 9.80 Å². The smallest absolute Gasteiger partial charge is 0.302 e.